The molecule has 0 bridgehead atoms. The monoisotopic (exact) mass is 273 g/mol. The van der Waals surface area contributed by atoms with Crippen molar-refractivity contribution in [3.8, 4) is 0 Å². The summed E-state index contributed by atoms with van der Waals surface area (Å²) in [6.45, 7) is 0. The minimum Gasteiger partial charge on any atom is -0.376 e. The highest BCUT2D eigenvalue weighted by Crippen LogP contribution is 2.41. The SMILES string of the molecule is COC1(C(N)c2ccc(Cl)s2)CCCCCC1. The summed E-state index contributed by atoms with van der Waals surface area (Å²) in [6, 6.07) is 3.90. The van der Waals surface area contributed by atoms with E-state index in [0.717, 1.165) is 22.1 Å². The predicted molar refractivity (Wildman–Crippen MR) is 73.7 cm³/mol. The maximum absolute atomic E-state index is 6.42. The standard InChI is InChI=1S/C13H20ClNOS/c1-16-13(8-4-2-3-5-9-13)12(15)10-6-7-11(14)17-10/h6-7,12H,2-5,8-9,15H2,1H3. The van der Waals surface area contributed by atoms with E-state index in [2.05, 4.69) is 0 Å². The molecule has 0 aromatic carbocycles. The summed E-state index contributed by atoms with van der Waals surface area (Å²) in [6.07, 6.45) is 7.12. The van der Waals surface area contributed by atoms with Gasteiger partial charge < -0.3 is 10.5 Å². The summed E-state index contributed by atoms with van der Waals surface area (Å²) in [4.78, 5) is 1.14. The third-order valence-corrected chi connectivity index (χ3v) is 5.14. The van der Waals surface area contributed by atoms with Crippen LogP contribution in [0.4, 0.5) is 0 Å². The minimum absolute atomic E-state index is 0.0527. The number of ether oxygens (including phenoxy) is 1. The second-order valence-electron chi connectivity index (χ2n) is 4.80. The summed E-state index contributed by atoms with van der Waals surface area (Å²) in [5.41, 5.74) is 6.23. The van der Waals surface area contributed by atoms with Gasteiger partial charge in [0, 0.05) is 12.0 Å². The second kappa shape index (κ2) is 5.70. The number of nitrogens with two attached hydrogens (primary N) is 1. The predicted octanol–water partition coefficient (Wildman–Crippen LogP) is 4.14. The number of hydrogen-bond donors (Lipinski definition) is 1. The maximum atomic E-state index is 6.42. The van der Waals surface area contributed by atoms with Crippen LogP contribution in [-0.4, -0.2) is 12.7 Å². The molecular formula is C13H20ClNOS. The van der Waals surface area contributed by atoms with Crippen LogP contribution in [0.25, 0.3) is 0 Å². The first kappa shape index (κ1) is 13.3. The van der Waals surface area contributed by atoms with Crippen LogP contribution >= 0.6 is 22.9 Å². The van der Waals surface area contributed by atoms with E-state index in [9.17, 15) is 0 Å². The molecule has 17 heavy (non-hydrogen) atoms. The van der Waals surface area contributed by atoms with Gasteiger partial charge in [-0.25, -0.2) is 0 Å². The van der Waals surface area contributed by atoms with Gasteiger partial charge in [-0.3, -0.25) is 0 Å². The summed E-state index contributed by atoms with van der Waals surface area (Å²) >= 11 is 7.56. The molecule has 0 spiro atoms. The Bertz CT molecular complexity index is 358. The molecule has 1 aromatic rings. The van der Waals surface area contributed by atoms with E-state index in [1.54, 1.807) is 18.4 Å². The van der Waals surface area contributed by atoms with Gasteiger partial charge in [-0.05, 0) is 25.0 Å². The molecule has 4 heteroatoms. The summed E-state index contributed by atoms with van der Waals surface area (Å²) in [5.74, 6) is 0. The average molecular weight is 274 g/mol. The van der Waals surface area contributed by atoms with Crippen LogP contribution in [0.3, 0.4) is 0 Å². The molecule has 1 heterocycles. The number of thiophene rings is 1. The Morgan fingerprint density at radius 1 is 1.29 bits per heavy atom. The van der Waals surface area contributed by atoms with Crippen LogP contribution in [0.2, 0.25) is 4.34 Å². The zero-order valence-corrected chi connectivity index (χ0v) is 11.8. The Balaban J connectivity index is 2.21. The van der Waals surface area contributed by atoms with E-state index >= 15 is 0 Å². The van der Waals surface area contributed by atoms with Gasteiger partial charge in [0.15, 0.2) is 0 Å². The Morgan fingerprint density at radius 3 is 2.41 bits per heavy atom. The first-order chi connectivity index (χ1) is 8.18. The lowest BCUT2D eigenvalue weighted by atomic mass is 9.86. The van der Waals surface area contributed by atoms with Gasteiger partial charge >= 0.3 is 0 Å². The molecule has 0 amide bonds. The topological polar surface area (TPSA) is 35.2 Å². The lowest BCUT2D eigenvalue weighted by Gasteiger charge is -2.36. The summed E-state index contributed by atoms with van der Waals surface area (Å²) in [5, 5.41) is 0. The molecule has 0 radical (unpaired) electrons. The maximum Gasteiger partial charge on any atom is 0.0931 e. The van der Waals surface area contributed by atoms with Crippen molar-refractivity contribution in [2.75, 3.05) is 7.11 Å². The molecule has 1 aromatic heterocycles. The van der Waals surface area contributed by atoms with E-state index < -0.39 is 0 Å². The highest BCUT2D eigenvalue weighted by molar-refractivity contribution is 7.16. The highest BCUT2D eigenvalue weighted by atomic mass is 35.5. The molecule has 2 rings (SSSR count). The normalized spacial score (nSPS) is 22.1. The van der Waals surface area contributed by atoms with Crippen molar-refractivity contribution in [3.05, 3.63) is 21.3 Å². The van der Waals surface area contributed by atoms with Gasteiger partial charge in [0.25, 0.3) is 0 Å². The molecule has 2 nitrogen and oxygen atoms in total. The van der Waals surface area contributed by atoms with E-state index in [1.807, 2.05) is 12.1 Å². The van der Waals surface area contributed by atoms with Crippen molar-refractivity contribution in [1.29, 1.82) is 0 Å². The van der Waals surface area contributed by atoms with E-state index in [-0.39, 0.29) is 11.6 Å². The van der Waals surface area contributed by atoms with Crippen molar-refractivity contribution in [2.45, 2.75) is 50.2 Å². The Labute approximate surface area is 112 Å². The van der Waals surface area contributed by atoms with Gasteiger partial charge in [0.05, 0.1) is 16.0 Å². The van der Waals surface area contributed by atoms with Crippen molar-refractivity contribution < 1.29 is 4.74 Å². The van der Waals surface area contributed by atoms with Gasteiger partial charge in [-0.1, -0.05) is 37.3 Å². The third-order valence-electron chi connectivity index (χ3n) is 3.82. The quantitative estimate of drug-likeness (QED) is 0.840. The Hall–Kier alpha value is -0.0900. The van der Waals surface area contributed by atoms with Crippen molar-refractivity contribution >= 4 is 22.9 Å². The van der Waals surface area contributed by atoms with Crippen LogP contribution in [0.1, 0.15) is 49.4 Å². The molecule has 1 atom stereocenters. The van der Waals surface area contributed by atoms with Crippen molar-refractivity contribution in [1.82, 2.24) is 0 Å². The average Bonchev–Trinajstić information content (AvgIpc) is 2.64. The van der Waals surface area contributed by atoms with E-state index in [4.69, 9.17) is 22.1 Å². The van der Waals surface area contributed by atoms with Crippen LogP contribution < -0.4 is 5.73 Å². The highest BCUT2D eigenvalue weighted by Gasteiger charge is 2.38. The number of rotatable bonds is 3. The smallest absolute Gasteiger partial charge is 0.0931 e. The van der Waals surface area contributed by atoms with Gasteiger partial charge in [-0.2, -0.15) is 0 Å². The molecule has 1 saturated carbocycles. The lowest BCUT2D eigenvalue weighted by molar-refractivity contribution is -0.0434. The molecule has 1 unspecified atom stereocenters. The Morgan fingerprint density at radius 2 is 1.94 bits per heavy atom. The lowest BCUT2D eigenvalue weighted by Crippen LogP contribution is -2.42. The number of halogens is 1. The van der Waals surface area contributed by atoms with E-state index in [0.29, 0.717) is 0 Å². The van der Waals surface area contributed by atoms with Crippen LogP contribution in [0, 0.1) is 0 Å². The molecule has 1 fully saturated rings. The summed E-state index contributed by atoms with van der Waals surface area (Å²) < 4.78 is 6.62. The second-order valence-corrected chi connectivity index (χ2v) is 6.55. The molecule has 0 saturated heterocycles. The van der Waals surface area contributed by atoms with Gasteiger partial charge in [0.2, 0.25) is 0 Å². The van der Waals surface area contributed by atoms with E-state index in [1.165, 1.54) is 25.7 Å². The fraction of sp³-hybridized carbons (Fsp3) is 0.692. The van der Waals surface area contributed by atoms with Crippen LogP contribution in [0.5, 0.6) is 0 Å². The minimum atomic E-state index is -0.190. The first-order valence-corrected chi connectivity index (χ1v) is 7.43. The van der Waals surface area contributed by atoms with Gasteiger partial charge in [0.1, 0.15) is 0 Å². The summed E-state index contributed by atoms with van der Waals surface area (Å²) in [7, 11) is 1.79. The zero-order valence-electron chi connectivity index (χ0n) is 10.2. The van der Waals surface area contributed by atoms with Crippen molar-refractivity contribution in [3.63, 3.8) is 0 Å². The fourth-order valence-corrected chi connectivity index (χ4v) is 3.89. The first-order valence-electron chi connectivity index (χ1n) is 6.24. The zero-order chi connectivity index (χ0) is 12.3. The Kier molecular flexibility index (Phi) is 4.47. The molecule has 0 aliphatic heterocycles. The number of hydrogen-bond acceptors (Lipinski definition) is 3. The largest absolute Gasteiger partial charge is 0.376 e. The third kappa shape index (κ3) is 2.84. The molecular weight excluding hydrogens is 254 g/mol. The molecule has 1 aliphatic carbocycles. The van der Waals surface area contributed by atoms with Gasteiger partial charge in [-0.15, -0.1) is 11.3 Å². The van der Waals surface area contributed by atoms with Crippen molar-refractivity contribution in [2.24, 2.45) is 5.73 Å². The molecule has 2 N–H and O–H groups in total. The number of methoxy groups -OCH3 is 1. The molecule has 1 aliphatic rings. The fourth-order valence-electron chi connectivity index (χ4n) is 2.72. The molecule has 96 valence electrons. The van der Waals surface area contributed by atoms with Crippen LogP contribution in [-0.2, 0) is 4.74 Å². The van der Waals surface area contributed by atoms with Crippen LogP contribution in [0.15, 0.2) is 12.1 Å².